The summed E-state index contributed by atoms with van der Waals surface area (Å²) in [6, 6.07) is 7.92. The molecule has 2 aliphatic rings. The quantitative estimate of drug-likeness (QED) is 0.814. The lowest BCUT2D eigenvalue weighted by atomic mass is 10.1. The molecule has 2 saturated heterocycles. The van der Waals surface area contributed by atoms with Gasteiger partial charge >= 0.3 is 0 Å². The zero-order valence-corrected chi connectivity index (χ0v) is 13.7. The van der Waals surface area contributed by atoms with Crippen LogP contribution in [0.2, 0.25) is 0 Å². The van der Waals surface area contributed by atoms with Crippen LogP contribution < -0.4 is 5.73 Å². The lowest BCUT2D eigenvalue weighted by Gasteiger charge is -2.27. The van der Waals surface area contributed by atoms with Crippen LogP contribution in [0.15, 0.2) is 24.3 Å². The number of anilines is 1. The van der Waals surface area contributed by atoms with E-state index in [1.165, 1.54) is 0 Å². The van der Waals surface area contributed by atoms with E-state index in [0.717, 1.165) is 69.7 Å². The number of hydrogen-bond donors (Lipinski definition) is 1. The molecule has 2 heterocycles. The number of carbonyl (C=O) groups is 1. The Morgan fingerprint density at radius 3 is 2.83 bits per heavy atom. The Bertz CT molecular complexity index is 523. The van der Waals surface area contributed by atoms with E-state index in [-0.39, 0.29) is 12.0 Å². The number of nitrogens with zero attached hydrogens (tertiary/aromatic N) is 2. The standard InChI is InChI=1S/C18H27N3O2/c19-16-6-3-5-15(11-16)12-20(13-17-7-4-10-23-17)14-18(22)21-8-1-2-9-21/h3,5-6,11,17H,1-2,4,7-10,12-14,19H2. The molecule has 23 heavy (non-hydrogen) atoms. The maximum atomic E-state index is 12.5. The molecule has 2 fully saturated rings. The molecule has 5 heteroatoms. The molecule has 0 bridgehead atoms. The van der Waals surface area contributed by atoms with Crippen molar-refractivity contribution >= 4 is 11.6 Å². The minimum absolute atomic E-state index is 0.240. The van der Waals surface area contributed by atoms with Crippen molar-refractivity contribution in [2.24, 2.45) is 0 Å². The van der Waals surface area contributed by atoms with Gasteiger partial charge in [-0.15, -0.1) is 0 Å². The number of amides is 1. The second kappa shape index (κ2) is 7.79. The minimum Gasteiger partial charge on any atom is -0.399 e. The van der Waals surface area contributed by atoms with Crippen LogP contribution in [0, 0.1) is 0 Å². The summed E-state index contributed by atoms with van der Waals surface area (Å²) in [4.78, 5) is 16.7. The van der Waals surface area contributed by atoms with Crippen LogP contribution in [-0.4, -0.2) is 54.6 Å². The van der Waals surface area contributed by atoms with Gasteiger partial charge < -0.3 is 15.4 Å². The molecule has 1 unspecified atom stereocenters. The van der Waals surface area contributed by atoms with E-state index >= 15 is 0 Å². The Labute approximate surface area is 138 Å². The fourth-order valence-corrected chi connectivity index (χ4v) is 3.47. The lowest BCUT2D eigenvalue weighted by molar-refractivity contribution is -0.131. The maximum Gasteiger partial charge on any atom is 0.236 e. The fraction of sp³-hybridized carbons (Fsp3) is 0.611. The number of nitrogens with two attached hydrogens (primary N) is 1. The summed E-state index contributed by atoms with van der Waals surface area (Å²) >= 11 is 0. The summed E-state index contributed by atoms with van der Waals surface area (Å²) in [5, 5.41) is 0. The molecule has 5 nitrogen and oxygen atoms in total. The molecule has 2 N–H and O–H groups in total. The third kappa shape index (κ3) is 4.69. The van der Waals surface area contributed by atoms with E-state index in [4.69, 9.17) is 10.5 Å². The van der Waals surface area contributed by atoms with E-state index in [1.807, 2.05) is 23.1 Å². The monoisotopic (exact) mass is 317 g/mol. The summed E-state index contributed by atoms with van der Waals surface area (Å²) in [5.74, 6) is 0.240. The molecule has 0 saturated carbocycles. The smallest absolute Gasteiger partial charge is 0.236 e. The highest BCUT2D eigenvalue weighted by molar-refractivity contribution is 5.78. The van der Waals surface area contributed by atoms with Crippen molar-refractivity contribution in [3.05, 3.63) is 29.8 Å². The van der Waals surface area contributed by atoms with Crippen molar-refractivity contribution in [2.45, 2.75) is 38.3 Å². The van der Waals surface area contributed by atoms with Crippen LogP contribution in [0.5, 0.6) is 0 Å². The van der Waals surface area contributed by atoms with Crippen LogP contribution in [0.1, 0.15) is 31.2 Å². The Morgan fingerprint density at radius 1 is 1.30 bits per heavy atom. The topological polar surface area (TPSA) is 58.8 Å². The molecule has 1 aromatic rings. The fourth-order valence-electron chi connectivity index (χ4n) is 3.47. The number of nitrogen functional groups attached to an aromatic ring is 1. The van der Waals surface area contributed by atoms with Crippen LogP contribution in [0.4, 0.5) is 5.69 Å². The zero-order valence-electron chi connectivity index (χ0n) is 13.7. The van der Waals surface area contributed by atoms with E-state index in [2.05, 4.69) is 11.0 Å². The zero-order chi connectivity index (χ0) is 16.1. The first-order chi connectivity index (χ1) is 11.2. The molecular weight excluding hydrogens is 290 g/mol. The van der Waals surface area contributed by atoms with Gasteiger partial charge in [0.2, 0.25) is 5.91 Å². The molecule has 1 aromatic carbocycles. The van der Waals surface area contributed by atoms with Crippen LogP contribution in [-0.2, 0) is 16.1 Å². The normalized spacial score (nSPS) is 21.3. The minimum atomic E-state index is 0.240. The number of rotatable bonds is 6. The van der Waals surface area contributed by atoms with E-state index in [9.17, 15) is 4.79 Å². The summed E-state index contributed by atoms with van der Waals surface area (Å²) in [6.07, 6.45) is 4.73. The first-order valence-electron chi connectivity index (χ1n) is 8.67. The van der Waals surface area contributed by atoms with Crippen molar-refractivity contribution in [3.8, 4) is 0 Å². The second-order valence-corrected chi connectivity index (χ2v) is 6.64. The highest BCUT2D eigenvalue weighted by atomic mass is 16.5. The average molecular weight is 317 g/mol. The Kier molecular flexibility index (Phi) is 5.51. The number of hydrogen-bond acceptors (Lipinski definition) is 4. The maximum absolute atomic E-state index is 12.5. The number of carbonyl (C=O) groups excluding carboxylic acids is 1. The van der Waals surface area contributed by atoms with Crippen molar-refractivity contribution < 1.29 is 9.53 Å². The number of benzene rings is 1. The molecule has 126 valence electrons. The van der Waals surface area contributed by atoms with Gasteiger partial charge in [0.05, 0.1) is 12.6 Å². The molecule has 1 atom stereocenters. The van der Waals surface area contributed by atoms with Gasteiger partial charge in [-0.1, -0.05) is 12.1 Å². The molecule has 0 aromatic heterocycles. The predicted molar refractivity (Wildman–Crippen MR) is 90.9 cm³/mol. The molecule has 0 spiro atoms. The van der Waals surface area contributed by atoms with Crippen molar-refractivity contribution in [1.82, 2.24) is 9.80 Å². The third-order valence-electron chi connectivity index (χ3n) is 4.66. The first-order valence-corrected chi connectivity index (χ1v) is 8.67. The van der Waals surface area contributed by atoms with Crippen LogP contribution in [0.3, 0.4) is 0 Å². The molecule has 1 amide bonds. The molecule has 0 aliphatic carbocycles. The number of likely N-dealkylation sites (tertiary alicyclic amines) is 1. The van der Waals surface area contributed by atoms with Gasteiger partial charge in [0.1, 0.15) is 0 Å². The van der Waals surface area contributed by atoms with Crippen LogP contribution in [0.25, 0.3) is 0 Å². The van der Waals surface area contributed by atoms with Gasteiger partial charge in [0, 0.05) is 38.5 Å². The number of ether oxygens (including phenoxy) is 1. The SMILES string of the molecule is Nc1cccc(CN(CC(=O)N2CCCC2)CC2CCCO2)c1. The van der Waals surface area contributed by atoms with E-state index in [1.54, 1.807) is 0 Å². The van der Waals surface area contributed by atoms with Gasteiger partial charge in [0.15, 0.2) is 0 Å². The first kappa shape index (κ1) is 16.3. The Hall–Kier alpha value is -1.59. The summed E-state index contributed by atoms with van der Waals surface area (Å²) in [7, 11) is 0. The Morgan fingerprint density at radius 2 is 2.13 bits per heavy atom. The third-order valence-corrected chi connectivity index (χ3v) is 4.66. The van der Waals surface area contributed by atoms with Gasteiger partial charge in [-0.2, -0.15) is 0 Å². The van der Waals surface area contributed by atoms with Crippen molar-refractivity contribution in [2.75, 3.05) is 38.5 Å². The molecule has 3 rings (SSSR count). The molecule has 0 radical (unpaired) electrons. The Balaban J connectivity index is 1.63. The highest BCUT2D eigenvalue weighted by Gasteiger charge is 2.24. The van der Waals surface area contributed by atoms with Crippen molar-refractivity contribution in [1.29, 1.82) is 0 Å². The average Bonchev–Trinajstić information content (AvgIpc) is 3.20. The highest BCUT2D eigenvalue weighted by Crippen LogP contribution is 2.17. The summed E-state index contributed by atoms with van der Waals surface area (Å²) < 4.78 is 5.76. The van der Waals surface area contributed by atoms with Gasteiger partial charge in [-0.25, -0.2) is 0 Å². The van der Waals surface area contributed by atoms with Gasteiger partial charge in [0.25, 0.3) is 0 Å². The van der Waals surface area contributed by atoms with Crippen molar-refractivity contribution in [3.63, 3.8) is 0 Å². The summed E-state index contributed by atoms with van der Waals surface area (Å²) in [5.41, 5.74) is 7.80. The van der Waals surface area contributed by atoms with Gasteiger partial charge in [-0.05, 0) is 43.4 Å². The largest absolute Gasteiger partial charge is 0.399 e. The lowest BCUT2D eigenvalue weighted by Crippen LogP contribution is -2.41. The van der Waals surface area contributed by atoms with Gasteiger partial charge in [-0.3, -0.25) is 9.69 Å². The van der Waals surface area contributed by atoms with E-state index < -0.39 is 0 Å². The van der Waals surface area contributed by atoms with E-state index in [0.29, 0.717) is 6.54 Å². The molecular formula is C18H27N3O2. The second-order valence-electron chi connectivity index (χ2n) is 6.64. The molecule has 2 aliphatic heterocycles. The summed E-state index contributed by atoms with van der Waals surface area (Å²) in [6.45, 7) is 4.68. The predicted octanol–water partition coefficient (Wildman–Crippen LogP) is 1.87. The van der Waals surface area contributed by atoms with Crippen LogP contribution >= 0.6 is 0 Å².